The standard InChI is InChI=1S/C17H36N4O3/c1-5-11-21(12-6-2)19-10-8-7-9-14(17(23)24)20-16(22)15(18)13(3)4/h13-15,19H,5-12,18H2,1-4H3,(H,20,22)(H,23,24)/t14-,15-/m0/s1. The van der Waals surface area contributed by atoms with Crippen molar-refractivity contribution in [3.63, 3.8) is 0 Å². The van der Waals surface area contributed by atoms with Crippen molar-refractivity contribution in [3.8, 4) is 0 Å². The average molecular weight is 345 g/mol. The molecule has 142 valence electrons. The summed E-state index contributed by atoms with van der Waals surface area (Å²) in [6.45, 7) is 10.8. The Hall–Kier alpha value is -1.18. The molecule has 0 aromatic carbocycles. The van der Waals surface area contributed by atoms with Gasteiger partial charge in [-0.25, -0.2) is 9.80 Å². The number of carboxylic acids is 1. The van der Waals surface area contributed by atoms with Crippen molar-refractivity contribution in [2.75, 3.05) is 19.6 Å². The summed E-state index contributed by atoms with van der Waals surface area (Å²) in [6, 6.07) is -1.55. The minimum atomic E-state index is -1.01. The molecular formula is C17H36N4O3. The maximum absolute atomic E-state index is 11.9. The Kier molecular flexibility index (Phi) is 12.5. The molecule has 0 rings (SSSR count). The summed E-state index contributed by atoms with van der Waals surface area (Å²) in [5, 5.41) is 14.0. The number of hydrogen-bond acceptors (Lipinski definition) is 5. The number of aliphatic carboxylic acids is 1. The van der Waals surface area contributed by atoms with Gasteiger partial charge in [-0.1, -0.05) is 27.7 Å². The molecule has 0 radical (unpaired) electrons. The summed E-state index contributed by atoms with van der Waals surface area (Å²) < 4.78 is 0. The van der Waals surface area contributed by atoms with Gasteiger partial charge in [0.15, 0.2) is 0 Å². The topological polar surface area (TPSA) is 108 Å². The van der Waals surface area contributed by atoms with E-state index >= 15 is 0 Å². The van der Waals surface area contributed by atoms with Crippen LogP contribution in [0.4, 0.5) is 0 Å². The molecule has 0 unspecified atom stereocenters. The zero-order chi connectivity index (χ0) is 18.5. The number of amides is 1. The Morgan fingerprint density at radius 2 is 1.71 bits per heavy atom. The third kappa shape index (κ3) is 9.85. The third-order valence-corrected chi connectivity index (χ3v) is 3.88. The molecular weight excluding hydrogens is 308 g/mol. The summed E-state index contributed by atoms with van der Waals surface area (Å²) in [6.07, 6.45) is 4.19. The van der Waals surface area contributed by atoms with E-state index in [1.807, 2.05) is 13.8 Å². The Labute approximate surface area is 146 Å². The largest absolute Gasteiger partial charge is 0.480 e. The lowest BCUT2D eigenvalue weighted by Gasteiger charge is -2.22. The smallest absolute Gasteiger partial charge is 0.326 e. The molecule has 7 heteroatoms. The molecule has 0 spiro atoms. The highest BCUT2D eigenvalue weighted by Crippen LogP contribution is 2.04. The zero-order valence-corrected chi connectivity index (χ0v) is 15.7. The van der Waals surface area contributed by atoms with Crippen molar-refractivity contribution in [2.24, 2.45) is 11.7 Å². The fourth-order valence-corrected chi connectivity index (χ4v) is 2.35. The number of hydrogen-bond donors (Lipinski definition) is 4. The van der Waals surface area contributed by atoms with E-state index in [2.05, 4.69) is 29.6 Å². The minimum Gasteiger partial charge on any atom is -0.480 e. The highest BCUT2D eigenvalue weighted by molar-refractivity contribution is 5.86. The molecule has 2 atom stereocenters. The van der Waals surface area contributed by atoms with Gasteiger partial charge in [0.2, 0.25) is 5.91 Å². The van der Waals surface area contributed by atoms with Gasteiger partial charge >= 0.3 is 5.97 Å². The first-order chi connectivity index (χ1) is 11.3. The van der Waals surface area contributed by atoms with E-state index in [0.29, 0.717) is 6.42 Å². The zero-order valence-electron chi connectivity index (χ0n) is 15.7. The molecule has 0 heterocycles. The average Bonchev–Trinajstić information content (AvgIpc) is 2.52. The van der Waals surface area contributed by atoms with Crippen molar-refractivity contribution in [1.29, 1.82) is 0 Å². The Morgan fingerprint density at radius 3 is 2.17 bits per heavy atom. The second-order valence-electron chi connectivity index (χ2n) is 6.56. The number of carboxylic acid groups (broad SMARTS) is 1. The summed E-state index contributed by atoms with van der Waals surface area (Å²) >= 11 is 0. The number of hydrazine groups is 1. The van der Waals surface area contributed by atoms with Crippen LogP contribution >= 0.6 is 0 Å². The summed E-state index contributed by atoms with van der Waals surface area (Å²) in [5.74, 6) is -1.43. The fraction of sp³-hybridized carbons (Fsp3) is 0.882. The minimum absolute atomic E-state index is 0.0215. The van der Waals surface area contributed by atoms with Crippen LogP contribution in [0.5, 0.6) is 0 Å². The SMILES string of the molecule is CCCN(CCC)NCCCC[C@H](NC(=O)[C@@H](N)C(C)C)C(=O)O. The second kappa shape index (κ2) is 13.1. The molecule has 1 amide bonds. The molecule has 7 nitrogen and oxygen atoms in total. The molecule has 24 heavy (non-hydrogen) atoms. The van der Waals surface area contributed by atoms with Gasteiger partial charge in [-0.15, -0.1) is 0 Å². The summed E-state index contributed by atoms with van der Waals surface area (Å²) in [5.41, 5.74) is 9.13. The van der Waals surface area contributed by atoms with Crippen LogP contribution in [0.2, 0.25) is 0 Å². The van der Waals surface area contributed by atoms with Crippen LogP contribution in [0.25, 0.3) is 0 Å². The van der Waals surface area contributed by atoms with Crippen molar-refractivity contribution in [1.82, 2.24) is 15.8 Å². The van der Waals surface area contributed by atoms with Gasteiger partial charge in [0, 0.05) is 19.6 Å². The first kappa shape index (κ1) is 22.8. The fourth-order valence-electron chi connectivity index (χ4n) is 2.35. The lowest BCUT2D eigenvalue weighted by Crippen LogP contribution is -2.50. The first-order valence-electron chi connectivity index (χ1n) is 9.10. The maximum Gasteiger partial charge on any atom is 0.326 e. The van der Waals surface area contributed by atoms with Crippen LogP contribution in [0, 0.1) is 5.92 Å². The molecule has 0 saturated heterocycles. The monoisotopic (exact) mass is 344 g/mol. The van der Waals surface area contributed by atoms with E-state index in [1.54, 1.807) is 0 Å². The van der Waals surface area contributed by atoms with Crippen molar-refractivity contribution in [3.05, 3.63) is 0 Å². The molecule has 0 saturated carbocycles. The van der Waals surface area contributed by atoms with E-state index < -0.39 is 24.0 Å². The van der Waals surface area contributed by atoms with Gasteiger partial charge in [0.05, 0.1) is 6.04 Å². The van der Waals surface area contributed by atoms with Gasteiger partial charge in [0.25, 0.3) is 0 Å². The Morgan fingerprint density at radius 1 is 1.12 bits per heavy atom. The van der Waals surface area contributed by atoms with Crippen LogP contribution in [-0.2, 0) is 9.59 Å². The third-order valence-electron chi connectivity index (χ3n) is 3.88. The second-order valence-corrected chi connectivity index (χ2v) is 6.56. The quantitative estimate of drug-likeness (QED) is 0.280. The molecule has 0 aromatic heterocycles. The Balaban J connectivity index is 4.14. The van der Waals surface area contributed by atoms with Gasteiger partial charge in [-0.3, -0.25) is 10.2 Å². The van der Waals surface area contributed by atoms with Gasteiger partial charge < -0.3 is 16.2 Å². The van der Waals surface area contributed by atoms with E-state index in [-0.39, 0.29) is 5.92 Å². The first-order valence-corrected chi connectivity index (χ1v) is 9.10. The molecule has 0 aliphatic heterocycles. The van der Waals surface area contributed by atoms with Gasteiger partial charge in [0.1, 0.15) is 6.04 Å². The van der Waals surface area contributed by atoms with E-state index in [0.717, 1.165) is 45.3 Å². The van der Waals surface area contributed by atoms with Crippen molar-refractivity contribution in [2.45, 2.75) is 71.9 Å². The number of nitrogens with zero attached hydrogens (tertiary/aromatic N) is 1. The van der Waals surface area contributed by atoms with E-state index in [1.165, 1.54) is 0 Å². The molecule has 0 bridgehead atoms. The van der Waals surface area contributed by atoms with Crippen LogP contribution in [-0.4, -0.2) is 53.7 Å². The number of rotatable bonds is 14. The molecule has 5 N–H and O–H groups in total. The lowest BCUT2D eigenvalue weighted by molar-refractivity contribution is -0.142. The van der Waals surface area contributed by atoms with Crippen LogP contribution < -0.4 is 16.5 Å². The number of unbranched alkanes of at least 4 members (excludes halogenated alkanes) is 1. The number of carbonyl (C=O) groups excluding carboxylic acids is 1. The number of carbonyl (C=O) groups is 2. The van der Waals surface area contributed by atoms with E-state index in [9.17, 15) is 14.7 Å². The number of nitrogens with two attached hydrogens (primary N) is 1. The maximum atomic E-state index is 11.9. The van der Waals surface area contributed by atoms with Gasteiger partial charge in [-0.05, 0) is 38.0 Å². The molecule has 0 aliphatic carbocycles. The highest BCUT2D eigenvalue weighted by atomic mass is 16.4. The summed E-state index contributed by atoms with van der Waals surface area (Å²) in [4.78, 5) is 23.2. The predicted molar refractivity (Wildman–Crippen MR) is 96.4 cm³/mol. The van der Waals surface area contributed by atoms with Crippen LogP contribution in [0.3, 0.4) is 0 Å². The van der Waals surface area contributed by atoms with Crippen LogP contribution in [0.1, 0.15) is 59.8 Å². The molecule has 0 aliphatic rings. The lowest BCUT2D eigenvalue weighted by atomic mass is 10.0. The van der Waals surface area contributed by atoms with Crippen molar-refractivity contribution >= 4 is 11.9 Å². The normalized spacial score (nSPS) is 14.0. The molecule has 0 fully saturated rings. The predicted octanol–water partition coefficient (Wildman–Crippen LogP) is 1.34. The molecule has 0 aromatic rings. The summed E-state index contributed by atoms with van der Waals surface area (Å²) in [7, 11) is 0. The van der Waals surface area contributed by atoms with E-state index in [4.69, 9.17) is 5.73 Å². The van der Waals surface area contributed by atoms with Gasteiger partial charge in [-0.2, -0.15) is 0 Å². The number of nitrogens with one attached hydrogen (secondary N) is 2. The van der Waals surface area contributed by atoms with Crippen molar-refractivity contribution < 1.29 is 14.7 Å². The highest BCUT2D eigenvalue weighted by Gasteiger charge is 2.24. The van der Waals surface area contributed by atoms with Crippen LogP contribution in [0.15, 0.2) is 0 Å². The Bertz CT molecular complexity index is 358.